The Morgan fingerprint density at radius 3 is 2.54 bits per heavy atom. The summed E-state index contributed by atoms with van der Waals surface area (Å²) in [7, 11) is 0. The van der Waals surface area contributed by atoms with E-state index < -0.39 is 0 Å². The first-order chi connectivity index (χ1) is 5.70. The highest BCUT2D eigenvalue weighted by Gasteiger charge is 2.17. The Balaban J connectivity index is 0.00000144. The molecule has 0 bridgehead atoms. The van der Waals surface area contributed by atoms with E-state index in [0.29, 0.717) is 10.2 Å². The molecule has 0 unspecified atom stereocenters. The van der Waals surface area contributed by atoms with E-state index in [1.165, 1.54) is 23.3 Å². The summed E-state index contributed by atoms with van der Waals surface area (Å²) in [5.74, 6) is 3.40. The summed E-state index contributed by atoms with van der Waals surface area (Å²) >= 11 is 5.31. The summed E-state index contributed by atoms with van der Waals surface area (Å²) in [5, 5.41) is 0.142. The predicted molar refractivity (Wildman–Crippen MR) is 67.7 cm³/mol. The normalized spacial score (nSPS) is 16.7. The second-order valence-corrected chi connectivity index (χ2v) is 6.46. The van der Waals surface area contributed by atoms with Gasteiger partial charge in [-0.3, -0.25) is 4.79 Å². The van der Waals surface area contributed by atoms with Gasteiger partial charge in [0.25, 0.3) is 0 Å². The largest absolute Gasteiger partial charge is 0.282 e. The van der Waals surface area contributed by atoms with Crippen LogP contribution in [0.3, 0.4) is 0 Å². The fourth-order valence-electron chi connectivity index (χ4n) is 0.770. The Morgan fingerprint density at radius 2 is 2.08 bits per heavy atom. The zero-order valence-electron chi connectivity index (χ0n) is 7.04. The second kappa shape index (κ2) is 6.85. The van der Waals surface area contributed by atoms with Crippen LogP contribution < -0.4 is 0 Å². The van der Waals surface area contributed by atoms with Crippen molar-refractivity contribution in [2.24, 2.45) is 0 Å². The van der Waals surface area contributed by atoms with Gasteiger partial charge in [-0.1, -0.05) is 25.8 Å². The van der Waals surface area contributed by atoms with E-state index in [0.717, 1.165) is 5.75 Å². The molecular formula is C9H16OS3. The predicted octanol–water partition coefficient (Wildman–Crippen LogP) is 3.26. The van der Waals surface area contributed by atoms with Crippen LogP contribution in [0.15, 0.2) is 12.2 Å². The Labute approximate surface area is 93.5 Å². The van der Waals surface area contributed by atoms with Crippen LogP contribution in [-0.4, -0.2) is 27.0 Å². The Morgan fingerprint density at radius 1 is 1.54 bits per heavy atom. The van der Waals surface area contributed by atoms with E-state index in [9.17, 15) is 4.79 Å². The SMILES string of the molecule is C.C=C(C)C(=O)SCC1SCCS1. The van der Waals surface area contributed by atoms with Gasteiger partial charge in [-0.05, 0) is 12.5 Å². The summed E-state index contributed by atoms with van der Waals surface area (Å²) in [6.07, 6.45) is 0. The van der Waals surface area contributed by atoms with Crippen LogP contribution in [-0.2, 0) is 4.79 Å². The van der Waals surface area contributed by atoms with Crippen molar-refractivity contribution in [2.45, 2.75) is 18.9 Å². The van der Waals surface area contributed by atoms with Gasteiger partial charge in [0.2, 0.25) is 5.12 Å². The van der Waals surface area contributed by atoms with Crippen LogP contribution in [0.2, 0.25) is 0 Å². The molecule has 4 heteroatoms. The molecule has 0 radical (unpaired) electrons. The molecule has 1 heterocycles. The zero-order chi connectivity index (χ0) is 8.97. The molecule has 1 aliphatic rings. The van der Waals surface area contributed by atoms with Gasteiger partial charge < -0.3 is 0 Å². The third-order valence-corrected chi connectivity index (χ3v) is 5.95. The molecule has 0 aromatic rings. The lowest BCUT2D eigenvalue weighted by Crippen LogP contribution is -2.01. The van der Waals surface area contributed by atoms with Crippen molar-refractivity contribution in [1.82, 2.24) is 0 Å². The molecule has 0 N–H and O–H groups in total. The summed E-state index contributed by atoms with van der Waals surface area (Å²) in [6.45, 7) is 5.38. The van der Waals surface area contributed by atoms with Crippen LogP contribution in [0.4, 0.5) is 0 Å². The molecular weight excluding hydrogens is 220 g/mol. The van der Waals surface area contributed by atoms with Gasteiger partial charge in [-0.2, -0.15) is 0 Å². The third kappa shape index (κ3) is 5.03. The first-order valence-corrected chi connectivity index (χ1v) is 6.84. The van der Waals surface area contributed by atoms with Gasteiger partial charge in [0, 0.05) is 17.3 Å². The molecule has 1 saturated heterocycles. The van der Waals surface area contributed by atoms with Gasteiger partial charge >= 0.3 is 0 Å². The maximum absolute atomic E-state index is 11.1. The van der Waals surface area contributed by atoms with E-state index >= 15 is 0 Å². The molecule has 0 spiro atoms. The number of carbonyl (C=O) groups excluding carboxylic acids is 1. The van der Waals surface area contributed by atoms with Crippen molar-refractivity contribution in [3.63, 3.8) is 0 Å². The fourth-order valence-corrected chi connectivity index (χ4v) is 4.74. The van der Waals surface area contributed by atoms with Gasteiger partial charge in [-0.15, -0.1) is 23.5 Å². The van der Waals surface area contributed by atoms with E-state index in [-0.39, 0.29) is 12.5 Å². The maximum atomic E-state index is 11.1. The van der Waals surface area contributed by atoms with Gasteiger partial charge in [0.1, 0.15) is 0 Å². The van der Waals surface area contributed by atoms with Crippen LogP contribution in [0.1, 0.15) is 14.4 Å². The minimum atomic E-state index is 0. The topological polar surface area (TPSA) is 17.1 Å². The molecule has 0 aromatic heterocycles. The van der Waals surface area contributed by atoms with Crippen molar-refractivity contribution in [3.8, 4) is 0 Å². The van der Waals surface area contributed by atoms with Crippen LogP contribution in [0, 0.1) is 0 Å². The highest BCUT2D eigenvalue weighted by molar-refractivity contribution is 8.22. The van der Waals surface area contributed by atoms with E-state index in [2.05, 4.69) is 6.58 Å². The zero-order valence-corrected chi connectivity index (χ0v) is 9.49. The van der Waals surface area contributed by atoms with Crippen LogP contribution in [0.5, 0.6) is 0 Å². The molecule has 1 aliphatic heterocycles. The number of carbonyl (C=O) groups is 1. The van der Waals surface area contributed by atoms with Crippen molar-refractivity contribution in [2.75, 3.05) is 17.3 Å². The second-order valence-electron chi connectivity index (χ2n) is 2.55. The molecule has 76 valence electrons. The highest BCUT2D eigenvalue weighted by Crippen LogP contribution is 2.34. The van der Waals surface area contributed by atoms with Crippen molar-refractivity contribution < 1.29 is 4.79 Å². The molecule has 0 aliphatic carbocycles. The molecule has 1 fully saturated rings. The Hall–Kier alpha value is 0.460. The van der Waals surface area contributed by atoms with Crippen molar-refractivity contribution in [3.05, 3.63) is 12.2 Å². The fraction of sp³-hybridized carbons (Fsp3) is 0.667. The summed E-state index contributed by atoms with van der Waals surface area (Å²) < 4.78 is 0.623. The highest BCUT2D eigenvalue weighted by atomic mass is 32.2. The third-order valence-electron chi connectivity index (χ3n) is 1.39. The molecule has 0 aromatic carbocycles. The van der Waals surface area contributed by atoms with Crippen molar-refractivity contribution in [1.29, 1.82) is 0 Å². The van der Waals surface area contributed by atoms with Crippen LogP contribution >= 0.6 is 35.3 Å². The Kier molecular flexibility index (Phi) is 7.09. The Bertz CT molecular complexity index is 185. The number of hydrogen-bond acceptors (Lipinski definition) is 4. The summed E-state index contributed by atoms with van der Waals surface area (Å²) in [5.41, 5.74) is 0.660. The first-order valence-electron chi connectivity index (χ1n) is 3.76. The molecule has 0 atom stereocenters. The number of hydrogen-bond donors (Lipinski definition) is 0. The first kappa shape index (κ1) is 13.5. The average molecular weight is 236 g/mol. The molecule has 1 nitrogen and oxygen atoms in total. The molecule has 0 saturated carbocycles. The minimum absolute atomic E-state index is 0. The quantitative estimate of drug-likeness (QED) is 0.699. The molecule has 0 amide bonds. The molecule has 1 rings (SSSR count). The number of thioether (sulfide) groups is 3. The van der Waals surface area contributed by atoms with Crippen molar-refractivity contribution >= 4 is 40.4 Å². The van der Waals surface area contributed by atoms with E-state index in [1.54, 1.807) is 6.92 Å². The summed E-state index contributed by atoms with van der Waals surface area (Å²) in [4.78, 5) is 11.1. The monoisotopic (exact) mass is 236 g/mol. The number of rotatable bonds is 3. The van der Waals surface area contributed by atoms with Gasteiger partial charge in [0.05, 0.1) is 4.58 Å². The van der Waals surface area contributed by atoms with Crippen LogP contribution in [0.25, 0.3) is 0 Å². The van der Waals surface area contributed by atoms with E-state index in [1.807, 2.05) is 23.5 Å². The lowest BCUT2D eigenvalue weighted by Gasteiger charge is -2.05. The standard InChI is InChI=1S/C8H12OS3.CH4/c1-6(2)8(9)12-5-7-10-3-4-11-7;/h7H,1,3-5H2,2H3;1H4. The lowest BCUT2D eigenvalue weighted by atomic mass is 10.4. The maximum Gasteiger partial charge on any atom is 0.214 e. The average Bonchev–Trinajstić information content (AvgIpc) is 2.51. The lowest BCUT2D eigenvalue weighted by molar-refractivity contribution is -0.107. The van der Waals surface area contributed by atoms with Gasteiger partial charge in [-0.25, -0.2) is 0 Å². The molecule has 13 heavy (non-hydrogen) atoms. The van der Waals surface area contributed by atoms with Gasteiger partial charge in [0.15, 0.2) is 0 Å². The minimum Gasteiger partial charge on any atom is -0.282 e. The summed E-state index contributed by atoms with van der Waals surface area (Å²) in [6, 6.07) is 0. The van der Waals surface area contributed by atoms with E-state index in [4.69, 9.17) is 0 Å². The smallest absolute Gasteiger partial charge is 0.214 e.